The zero-order valence-corrected chi connectivity index (χ0v) is 32.7. The van der Waals surface area contributed by atoms with E-state index in [4.69, 9.17) is 18.9 Å². The predicted molar refractivity (Wildman–Crippen MR) is 197 cm³/mol. The quantitative estimate of drug-likeness (QED) is 0.177. The Morgan fingerprint density at radius 1 is 0.370 bits per heavy atom. The van der Waals surface area contributed by atoms with Crippen LogP contribution < -0.4 is 18.9 Å². The van der Waals surface area contributed by atoms with Gasteiger partial charge >= 0.3 is 0 Å². The lowest BCUT2D eigenvalue weighted by molar-refractivity contribution is -0.0702. The molecule has 8 heteroatoms. The van der Waals surface area contributed by atoms with Gasteiger partial charge in [0.05, 0.1) is 28.4 Å². The third kappa shape index (κ3) is 5.07. The van der Waals surface area contributed by atoms with Crippen LogP contribution in [0.4, 0.5) is 0 Å². The van der Waals surface area contributed by atoms with Crippen LogP contribution in [-0.2, 0) is 21.7 Å². The summed E-state index contributed by atoms with van der Waals surface area (Å²) < 4.78 is 27.1. The minimum absolute atomic E-state index is 0.127. The Hall–Kier alpha value is -2.00. The first kappa shape index (κ1) is 32.5. The molecule has 0 amide bonds. The maximum atomic E-state index is 5.66. The summed E-state index contributed by atoms with van der Waals surface area (Å²) >= 11 is 16.2. The van der Waals surface area contributed by atoms with Crippen molar-refractivity contribution in [2.45, 2.75) is 60.2 Å². The highest BCUT2D eigenvalue weighted by Gasteiger charge is 2.70. The van der Waals surface area contributed by atoms with Crippen molar-refractivity contribution in [2.75, 3.05) is 28.4 Å². The van der Waals surface area contributed by atoms with Crippen LogP contribution in [0.2, 0.25) is 0 Å². The van der Waals surface area contributed by atoms with E-state index in [-0.39, 0.29) is 21.7 Å². The summed E-state index contributed by atoms with van der Waals surface area (Å²) in [5.41, 5.74) is 4.90. The Balaban J connectivity index is 1.55. The van der Waals surface area contributed by atoms with Crippen molar-refractivity contribution in [3.63, 3.8) is 0 Å². The summed E-state index contributed by atoms with van der Waals surface area (Å²) in [6, 6.07) is 26.3. The fourth-order valence-corrected chi connectivity index (χ4v) is 13.1. The largest absolute Gasteiger partial charge is 0.497 e. The molecule has 0 N–H and O–H groups in total. The van der Waals surface area contributed by atoms with E-state index >= 15 is 0 Å². The molecule has 4 nitrogen and oxygen atoms in total. The van der Waals surface area contributed by atoms with Crippen molar-refractivity contribution in [3.8, 4) is 23.0 Å². The molecule has 8 rings (SSSR count). The zero-order chi connectivity index (χ0) is 32.5. The van der Waals surface area contributed by atoms with E-state index in [2.05, 4.69) is 137 Å². The van der Waals surface area contributed by atoms with E-state index in [9.17, 15) is 0 Å². The summed E-state index contributed by atoms with van der Waals surface area (Å²) in [6.45, 7) is 0. The van der Waals surface area contributed by atoms with Gasteiger partial charge in [0, 0.05) is 17.9 Å². The van der Waals surface area contributed by atoms with Crippen LogP contribution in [0.1, 0.15) is 60.8 Å². The van der Waals surface area contributed by atoms with E-state index in [0.717, 1.165) is 79.4 Å². The molecule has 0 atom stereocenters. The summed E-state index contributed by atoms with van der Waals surface area (Å²) in [7, 11) is 6.92. The van der Waals surface area contributed by atoms with Crippen LogP contribution in [0, 0.1) is 0 Å². The van der Waals surface area contributed by atoms with Gasteiger partial charge in [0.1, 0.15) is 23.0 Å². The molecule has 0 spiro atoms. The average Bonchev–Trinajstić information content (AvgIpc) is 3.03. The van der Waals surface area contributed by atoms with Crippen LogP contribution in [-0.4, -0.2) is 28.4 Å². The molecule has 0 aliphatic heterocycles. The molecule has 4 aromatic carbocycles. The Bertz CT molecular complexity index is 1540. The topological polar surface area (TPSA) is 36.9 Å². The molecule has 4 aliphatic carbocycles. The molecule has 0 heterocycles. The van der Waals surface area contributed by atoms with Crippen LogP contribution in [0.15, 0.2) is 90.7 Å². The van der Waals surface area contributed by atoms with E-state index < -0.39 is 0 Å². The van der Waals surface area contributed by atoms with Gasteiger partial charge in [0.2, 0.25) is 0 Å². The number of ether oxygens (including phenoxy) is 4. The number of benzene rings is 4. The number of methoxy groups -OCH3 is 4. The molecule has 0 aromatic heterocycles. The van der Waals surface area contributed by atoms with Gasteiger partial charge in [0.15, 0.2) is 0 Å². The van der Waals surface area contributed by atoms with Gasteiger partial charge in [-0.05, 0) is 131 Å². The second-order valence-corrected chi connectivity index (χ2v) is 17.0. The zero-order valence-electron chi connectivity index (χ0n) is 26.3. The van der Waals surface area contributed by atoms with E-state index in [1.807, 2.05) is 0 Å². The maximum Gasteiger partial charge on any atom is 0.120 e. The minimum atomic E-state index is -0.127. The lowest BCUT2D eigenvalue weighted by atomic mass is 9.32. The Kier molecular flexibility index (Phi) is 8.38. The molecular formula is C38H36Br4O4. The fourth-order valence-electron chi connectivity index (χ4n) is 9.99. The molecule has 0 saturated heterocycles. The smallest absolute Gasteiger partial charge is 0.120 e. The van der Waals surface area contributed by atoms with Crippen LogP contribution >= 0.6 is 63.7 Å². The third-order valence-corrected chi connectivity index (χ3v) is 13.7. The van der Waals surface area contributed by atoms with E-state index in [1.165, 1.54) is 22.3 Å². The maximum absolute atomic E-state index is 5.66. The van der Waals surface area contributed by atoms with Gasteiger partial charge in [-0.1, -0.05) is 88.0 Å². The highest BCUT2D eigenvalue weighted by Crippen LogP contribution is 2.76. The van der Waals surface area contributed by atoms with Crippen molar-refractivity contribution >= 4 is 63.7 Å². The van der Waals surface area contributed by atoms with Crippen LogP contribution in [0.3, 0.4) is 0 Å². The van der Waals surface area contributed by atoms with Gasteiger partial charge < -0.3 is 18.9 Å². The Morgan fingerprint density at radius 2 is 0.565 bits per heavy atom. The molecular weight excluding hydrogens is 840 g/mol. The van der Waals surface area contributed by atoms with Crippen molar-refractivity contribution in [2.24, 2.45) is 0 Å². The lowest BCUT2D eigenvalue weighted by Crippen LogP contribution is -2.67. The van der Waals surface area contributed by atoms with Gasteiger partial charge in [-0.3, -0.25) is 0 Å². The fraction of sp³-hybridized carbons (Fsp3) is 0.368. The van der Waals surface area contributed by atoms with Crippen molar-refractivity contribution in [1.82, 2.24) is 0 Å². The molecule has 46 heavy (non-hydrogen) atoms. The molecule has 4 aliphatic rings. The second-order valence-electron chi connectivity index (χ2n) is 13.6. The average molecular weight is 876 g/mol. The minimum Gasteiger partial charge on any atom is -0.497 e. The molecule has 4 fully saturated rings. The standard InChI is InChI=1S/C38H36Br4O4/c1-43-23-5-9-27(31(39)13-23)35-17-36(28-10-6-24(44-2)14-32(28)40)20-37(18-35,29-11-7-25(45-3)15-33(29)41)22-38(19-35,21-36)30-12-8-26(46-4)16-34(30)42/h5-16H,17-22H2,1-4H3. The van der Waals surface area contributed by atoms with Crippen LogP contribution in [0.25, 0.3) is 0 Å². The molecule has 0 unspecified atom stereocenters. The highest BCUT2D eigenvalue weighted by atomic mass is 79.9. The number of rotatable bonds is 8. The monoisotopic (exact) mass is 872 g/mol. The number of hydrogen-bond acceptors (Lipinski definition) is 4. The van der Waals surface area contributed by atoms with Crippen molar-refractivity contribution < 1.29 is 18.9 Å². The van der Waals surface area contributed by atoms with Crippen molar-refractivity contribution in [3.05, 3.63) is 113 Å². The summed E-state index contributed by atoms with van der Waals surface area (Å²) in [5.74, 6) is 3.42. The second kappa shape index (κ2) is 11.9. The molecule has 4 saturated carbocycles. The first-order valence-electron chi connectivity index (χ1n) is 15.4. The normalized spacial score (nSPS) is 27.8. The SMILES string of the molecule is COc1ccc(C23CC4(c5ccc(OC)cc5Br)CC(c5ccc(OC)cc5Br)(C2)CC(c2ccc(OC)cc2Br)(C3)C4)c(Br)c1. The first-order valence-corrected chi connectivity index (χ1v) is 18.6. The molecule has 4 aromatic rings. The summed E-state index contributed by atoms with van der Waals surface area (Å²) in [6.07, 6.45) is 6.26. The Labute approximate surface area is 305 Å². The molecule has 240 valence electrons. The molecule has 0 radical (unpaired) electrons. The number of hydrogen-bond donors (Lipinski definition) is 0. The third-order valence-electron chi connectivity index (χ3n) is 11.1. The molecule has 4 bridgehead atoms. The summed E-state index contributed by atoms with van der Waals surface area (Å²) in [5, 5.41) is 0. The predicted octanol–water partition coefficient (Wildman–Crippen LogP) is 11.2. The summed E-state index contributed by atoms with van der Waals surface area (Å²) in [4.78, 5) is 0. The van der Waals surface area contributed by atoms with Crippen LogP contribution in [0.5, 0.6) is 23.0 Å². The first-order chi connectivity index (χ1) is 22.0. The van der Waals surface area contributed by atoms with Gasteiger partial charge in [-0.15, -0.1) is 0 Å². The number of halogens is 4. The van der Waals surface area contributed by atoms with Gasteiger partial charge in [-0.25, -0.2) is 0 Å². The van der Waals surface area contributed by atoms with Gasteiger partial charge in [0.25, 0.3) is 0 Å². The Morgan fingerprint density at radius 3 is 0.717 bits per heavy atom. The van der Waals surface area contributed by atoms with Gasteiger partial charge in [-0.2, -0.15) is 0 Å². The van der Waals surface area contributed by atoms with Crippen molar-refractivity contribution in [1.29, 1.82) is 0 Å². The highest BCUT2D eigenvalue weighted by molar-refractivity contribution is 9.11. The van der Waals surface area contributed by atoms with E-state index in [1.54, 1.807) is 28.4 Å². The lowest BCUT2D eigenvalue weighted by Gasteiger charge is -2.72. The van der Waals surface area contributed by atoms with E-state index in [0.29, 0.717) is 0 Å².